The van der Waals surface area contributed by atoms with E-state index in [1.165, 1.54) is 12.1 Å². The molecule has 0 aliphatic rings. The van der Waals surface area contributed by atoms with Crippen LogP contribution in [0, 0.1) is 5.82 Å². The normalized spacial score (nSPS) is 11.8. The molecule has 0 amide bonds. The first kappa shape index (κ1) is 18.3. The summed E-state index contributed by atoms with van der Waals surface area (Å²) in [6.07, 6.45) is 3.60. The number of aromatic nitrogens is 4. The Labute approximate surface area is 153 Å². The van der Waals surface area contributed by atoms with E-state index in [0.29, 0.717) is 23.9 Å². The van der Waals surface area contributed by atoms with Gasteiger partial charge in [0.2, 0.25) is 0 Å². The van der Waals surface area contributed by atoms with Crippen molar-refractivity contribution in [3.8, 4) is 22.5 Å². The van der Waals surface area contributed by atoms with Gasteiger partial charge in [-0.15, -0.1) is 0 Å². The van der Waals surface area contributed by atoms with E-state index < -0.39 is 8.07 Å². The highest BCUT2D eigenvalue weighted by Gasteiger charge is 2.17. The van der Waals surface area contributed by atoms with Crippen LogP contribution in [0.2, 0.25) is 25.7 Å². The van der Waals surface area contributed by atoms with Crippen LogP contribution in [-0.2, 0) is 11.5 Å². The molecule has 0 aliphatic carbocycles. The van der Waals surface area contributed by atoms with E-state index in [-0.39, 0.29) is 5.82 Å². The molecular formula is C18H24FN5OSi. The molecule has 0 atom stereocenters. The van der Waals surface area contributed by atoms with Crippen molar-refractivity contribution in [3.05, 3.63) is 42.6 Å². The summed E-state index contributed by atoms with van der Waals surface area (Å²) in [5.41, 5.74) is 8.92. The molecule has 3 rings (SSSR count). The Morgan fingerprint density at radius 3 is 2.65 bits per heavy atom. The zero-order valence-electron chi connectivity index (χ0n) is 15.3. The van der Waals surface area contributed by atoms with Crippen molar-refractivity contribution < 1.29 is 9.13 Å². The second-order valence-corrected chi connectivity index (χ2v) is 13.1. The molecule has 2 heterocycles. The van der Waals surface area contributed by atoms with Gasteiger partial charge in [-0.1, -0.05) is 31.8 Å². The number of benzene rings is 1. The molecule has 2 aromatic heterocycles. The van der Waals surface area contributed by atoms with E-state index in [4.69, 9.17) is 10.5 Å². The van der Waals surface area contributed by atoms with E-state index in [2.05, 4.69) is 34.8 Å². The third-order valence-corrected chi connectivity index (χ3v) is 5.76. The molecule has 1 aromatic carbocycles. The highest BCUT2D eigenvalue weighted by Crippen LogP contribution is 2.33. The van der Waals surface area contributed by atoms with Crippen LogP contribution < -0.4 is 5.73 Å². The van der Waals surface area contributed by atoms with Gasteiger partial charge in [-0.25, -0.2) is 9.37 Å². The number of ether oxygens (including phenoxy) is 1. The maximum Gasteiger partial charge on any atom is 0.153 e. The minimum Gasteiger partial charge on any atom is -0.382 e. The summed E-state index contributed by atoms with van der Waals surface area (Å²) in [6, 6.07) is 7.28. The molecular weight excluding hydrogens is 349 g/mol. The Kier molecular flexibility index (Phi) is 5.24. The van der Waals surface area contributed by atoms with Gasteiger partial charge in [-0.2, -0.15) is 5.10 Å². The highest BCUT2D eigenvalue weighted by molar-refractivity contribution is 6.76. The fourth-order valence-electron chi connectivity index (χ4n) is 2.56. The molecule has 26 heavy (non-hydrogen) atoms. The molecule has 3 N–H and O–H groups in total. The summed E-state index contributed by atoms with van der Waals surface area (Å²) >= 11 is 0. The molecule has 3 aromatic rings. The molecule has 8 heteroatoms. The maximum atomic E-state index is 13.2. The molecule has 0 aliphatic heterocycles. The van der Waals surface area contributed by atoms with Crippen LogP contribution in [0.15, 0.2) is 36.8 Å². The standard InChI is InChI=1S/C18H24FN5OSi/c1-26(2,3)9-8-25-12-24-10-15(21-11-24)17-16(18(20)23-22-17)13-4-6-14(19)7-5-13/h4-7,10-11H,8-9,12H2,1-3H3,(H3,20,22,23). The third kappa shape index (κ3) is 4.38. The zero-order chi connectivity index (χ0) is 18.7. The van der Waals surface area contributed by atoms with Gasteiger partial charge in [0.05, 0.1) is 17.6 Å². The van der Waals surface area contributed by atoms with Crippen molar-refractivity contribution in [2.45, 2.75) is 32.4 Å². The summed E-state index contributed by atoms with van der Waals surface area (Å²) in [7, 11) is -1.09. The lowest BCUT2D eigenvalue weighted by molar-refractivity contribution is 0.0871. The number of H-pyrrole nitrogens is 1. The molecule has 6 nitrogen and oxygen atoms in total. The summed E-state index contributed by atoms with van der Waals surface area (Å²) in [5, 5.41) is 7.01. The largest absolute Gasteiger partial charge is 0.382 e. The number of hydrogen-bond donors (Lipinski definition) is 2. The number of anilines is 1. The minimum absolute atomic E-state index is 0.294. The molecule has 138 valence electrons. The Morgan fingerprint density at radius 2 is 1.96 bits per heavy atom. The first-order valence-corrected chi connectivity index (χ1v) is 12.2. The van der Waals surface area contributed by atoms with Crippen LogP contribution in [0.25, 0.3) is 22.5 Å². The van der Waals surface area contributed by atoms with Crippen molar-refractivity contribution >= 4 is 13.9 Å². The lowest BCUT2D eigenvalue weighted by Crippen LogP contribution is -2.21. The van der Waals surface area contributed by atoms with Crippen molar-refractivity contribution in [1.82, 2.24) is 19.7 Å². The SMILES string of the molecule is C[Si](C)(C)CCOCn1cnc(-c2[nH]nc(N)c2-c2ccc(F)cc2)c1. The third-order valence-electron chi connectivity index (χ3n) is 4.05. The number of imidazole rings is 1. The Hall–Kier alpha value is -2.45. The van der Waals surface area contributed by atoms with Gasteiger partial charge in [0, 0.05) is 20.9 Å². The fraction of sp³-hybridized carbons (Fsp3) is 0.333. The van der Waals surface area contributed by atoms with Gasteiger partial charge in [-0.05, 0) is 23.7 Å². The number of nitrogen functional groups attached to an aromatic ring is 1. The Balaban J connectivity index is 1.75. The lowest BCUT2D eigenvalue weighted by Gasteiger charge is -2.15. The van der Waals surface area contributed by atoms with Gasteiger partial charge in [0.15, 0.2) is 5.82 Å². The zero-order valence-corrected chi connectivity index (χ0v) is 16.3. The van der Waals surface area contributed by atoms with E-state index in [9.17, 15) is 4.39 Å². The molecule has 0 fully saturated rings. The minimum atomic E-state index is -1.09. The van der Waals surface area contributed by atoms with Crippen LogP contribution >= 0.6 is 0 Å². The molecule has 0 saturated carbocycles. The predicted octanol–water partition coefficient (Wildman–Crippen LogP) is 3.97. The second-order valence-electron chi connectivity index (χ2n) is 7.49. The van der Waals surface area contributed by atoms with Gasteiger partial charge >= 0.3 is 0 Å². The van der Waals surface area contributed by atoms with Crippen LogP contribution in [0.5, 0.6) is 0 Å². The number of hydrogen-bond acceptors (Lipinski definition) is 4. The average molecular weight is 374 g/mol. The summed E-state index contributed by atoms with van der Waals surface area (Å²) < 4.78 is 20.8. The van der Waals surface area contributed by atoms with Crippen molar-refractivity contribution in [2.24, 2.45) is 0 Å². The number of aromatic amines is 1. The van der Waals surface area contributed by atoms with Crippen molar-refractivity contribution in [3.63, 3.8) is 0 Å². The number of nitrogens with one attached hydrogen (secondary N) is 1. The highest BCUT2D eigenvalue weighted by atomic mass is 28.3. The summed E-state index contributed by atoms with van der Waals surface area (Å²) in [5.74, 6) is 0.0599. The van der Waals surface area contributed by atoms with Gasteiger partial charge in [-0.3, -0.25) is 5.10 Å². The Morgan fingerprint density at radius 1 is 1.23 bits per heavy atom. The van der Waals surface area contributed by atoms with E-state index in [1.54, 1.807) is 18.5 Å². The average Bonchev–Trinajstić information content (AvgIpc) is 3.18. The molecule has 0 saturated heterocycles. The smallest absolute Gasteiger partial charge is 0.153 e. The molecule has 0 radical (unpaired) electrons. The van der Waals surface area contributed by atoms with Crippen molar-refractivity contribution in [1.29, 1.82) is 0 Å². The van der Waals surface area contributed by atoms with E-state index in [1.807, 2.05) is 10.8 Å². The number of nitrogens with zero attached hydrogens (tertiary/aromatic N) is 3. The van der Waals surface area contributed by atoms with Crippen LogP contribution in [0.1, 0.15) is 0 Å². The van der Waals surface area contributed by atoms with Gasteiger partial charge < -0.3 is 15.0 Å². The van der Waals surface area contributed by atoms with Crippen LogP contribution in [-0.4, -0.2) is 34.4 Å². The van der Waals surface area contributed by atoms with Gasteiger partial charge in [0.25, 0.3) is 0 Å². The van der Waals surface area contributed by atoms with Crippen LogP contribution in [0.4, 0.5) is 10.2 Å². The maximum absolute atomic E-state index is 13.2. The predicted molar refractivity (Wildman–Crippen MR) is 104 cm³/mol. The van der Waals surface area contributed by atoms with E-state index in [0.717, 1.165) is 23.8 Å². The first-order chi connectivity index (χ1) is 12.3. The quantitative estimate of drug-likeness (QED) is 0.485. The van der Waals surface area contributed by atoms with Gasteiger partial charge in [0.1, 0.15) is 18.2 Å². The van der Waals surface area contributed by atoms with E-state index >= 15 is 0 Å². The molecule has 0 bridgehead atoms. The van der Waals surface area contributed by atoms with Crippen LogP contribution in [0.3, 0.4) is 0 Å². The first-order valence-electron chi connectivity index (χ1n) is 8.53. The van der Waals surface area contributed by atoms with Crippen molar-refractivity contribution in [2.75, 3.05) is 12.3 Å². The summed E-state index contributed by atoms with van der Waals surface area (Å²) in [6.45, 7) is 8.18. The molecule has 0 unspecified atom stereocenters. The lowest BCUT2D eigenvalue weighted by atomic mass is 10.0. The number of rotatable bonds is 7. The number of nitrogens with two attached hydrogens (primary N) is 1. The summed E-state index contributed by atoms with van der Waals surface area (Å²) in [4.78, 5) is 4.42. The fourth-order valence-corrected chi connectivity index (χ4v) is 3.31. The topological polar surface area (TPSA) is 81.8 Å². The molecule has 0 spiro atoms. The number of halogens is 1. The monoisotopic (exact) mass is 373 g/mol. The Bertz CT molecular complexity index is 867. The second kappa shape index (κ2) is 7.43.